The molecule has 2 rings (SSSR count). The van der Waals surface area contributed by atoms with Crippen molar-refractivity contribution in [1.82, 2.24) is 0 Å². The highest BCUT2D eigenvalue weighted by atomic mass is 16.5. The molecule has 0 fully saturated rings. The fourth-order valence-corrected chi connectivity index (χ4v) is 1.58. The third kappa shape index (κ3) is 2.97. The lowest BCUT2D eigenvalue weighted by atomic mass is 10.2. The predicted octanol–water partition coefficient (Wildman–Crippen LogP) is 1.91. The molecule has 0 saturated carbocycles. The standard InChI is InChI=1S/C14H13NO5/c1-18-10-4-5-11(12(7-10)19-2)15-14(17)9-3-6-13(16)20-8-9/h3-8H,1-2H3,(H,15,17). The van der Waals surface area contributed by atoms with Crippen molar-refractivity contribution in [3.05, 3.63) is 52.6 Å². The third-order valence-corrected chi connectivity index (χ3v) is 2.62. The van der Waals surface area contributed by atoms with Crippen LogP contribution in [-0.4, -0.2) is 20.1 Å². The summed E-state index contributed by atoms with van der Waals surface area (Å²) in [6, 6.07) is 7.58. The first-order chi connectivity index (χ1) is 9.63. The average molecular weight is 275 g/mol. The van der Waals surface area contributed by atoms with Gasteiger partial charge in [-0.2, -0.15) is 0 Å². The summed E-state index contributed by atoms with van der Waals surface area (Å²) in [5, 5.41) is 2.67. The van der Waals surface area contributed by atoms with Gasteiger partial charge in [0.25, 0.3) is 5.91 Å². The SMILES string of the molecule is COc1ccc(NC(=O)c2ccc(=O)oc2)c(OC)c1. The number of hydrogen-bond acceptors (Lipinski definition) is 5. The second kappa shape index (κ2) is 5.92. The van der Waals surface area contributed by atoms with Crippen LogP contribution in [-0.2, 0) is 0 Å². The van der Waals surface area contributed by atoms with E-state index >= 15 is 0 Å². The highest BCUT2D eigenvalue weighted by molar-refractivity contribution is 6.04. The summed E-state index contributed by atoms with van der Waals surface area (Å²) in [7, 11) is 3.03. The molecular weight excluding hydrogens is 262 g/mol. The first kappa shape index (κ1) is 13.7. The number of ether oxygens (including phenoxy) is 2. The van der Waals surface area contributed by atoms with Gasteiger partial charge in [0.05, 0.1) is 25.5 Å². The smallest absolute Gasteiger partial charge is 0.335 e. The lowest BCUT2D eigenvalue weighted by molar-refractivity contribution is 0.102. The Morgan fingerprint density at radius 1 is 1.15 bits per heavy atom. The number of amides is 1. The van der Waals surface area contributed by atoms with Crippen LogP contribution in [0.5, 0.6) is 11.5 Å². The van der Waals surface area contributed by atoms with Crippen LogP contribution in [0.25, 0.3) is 0 Å². The molecule has 1 heterocycles. The zero-order valence-corrected chi connectivity index (χ0v) is 11.0. The average Bonchev–Trinajstić information content (AvgIpc) is 2.48. The molecule has 0 bridgehead atoms. The third-order valence-electron chi connectivity index (χ3n) is 2.62. The second-order valence-corrected chi connectivity index (χ2v) is 3.86. The highest BCUT2D eigenvalue weighted by Crippen LogP contribution is 2.29. The van der Waals surface area contributed by atoms with Crippen LogP contribution < -0.4 is 20.4 Å². The quantitative estimate of drug-likeness (QED) is 0.922. The van der Waals surface area contributed by atoms with E-state index < -0.39 is 11.5 Å². The van der Waals surface area contributed by atoms with E-state index in [1.165, 1.54) is 19.2 Å². The number of benzene rings is 1. The summed E-state index contributed by atoms with van der Waals surface area (Å²) in [5.74, 6) is 0.679. The van der Waals surface area contributed by atoms with Crippen LogP contribution in [0.15, 0.2) is 45.8 Å². The molecule has 0 aliphatic carbocycles. The molecule has 1 aromatic heterocycles. The maximum Gasteiger partial charge on any atom is 0.335 e. The Hall–Kier alpha value is -2.76. The molecule has 0 unspecified atom stereocenters. The van der Waals surface area contributed by atoms with Crippen molar-refractivity contribution >= 4 is 11.6 Å². The predicted molar refractivity (Wildman–Crippen MR) is 72.5 cm³/mol. The molecule has 1 amide bonds. The lowest BCUT2D eigenvalue weighted by Gasteiger charge is -2.11. The minimum absolute atomic E-state index is 0.238. The van der Waals surface area contributed by atoms with Crippen molar-refractivity contribution in [2.45, 2.75) is 0 Å². The monoisotopic (exact) mass is 275 g/mol. The summed E-state index contributed by atoms with van der Waals surface area (Å²) in [6.45, 7) is 0. The van der Waals surface area contributed by atoms with Crippen LogP contribution in [0.3, 0.4) is 0 Å². The molecule has 6 heteroatoms. The van der Waals surface area contributed by atoms with Gasteiger partial charge >= 0.3 is 5.63 Å². The number of methoxy groups -OCH3 is 2. The van der Waals surface area contributed by atoms with Gasteiger partial charge in [-0.1, -0.05) is 0 Å². The molecule has 20 heavy (non-hydrogen) atoms. The second-order valence-electron chi connectivity index (χ2n) is 3.86. The van der Waals surface area contributed by atoms with E-state index in [9.17, 15) is 9.59 Å². The van der Waals surface area contributed by atoms with Crippen molar-refractivity contribution in [1.29, 1.82) is 0 Å². The minimum Gasteiger partial charge on any atom is -0.497 e. The zero-order valence-electron chi connectivity index (χ0n) is 11.0. The van der Waals surface area contributed by atoms with Gasteiger partial charge in [0.15, 0.2) is 0 Å². The molecule has 0 radical (unpaired) electrons. The molecule has 1 N–H and O–H groups in total. The molecule has 2 aromatic rings. The van der Waals surface area contributed by atoms with E-state index in [0.29, 0.717) is 17.2 Å². The fourth-order valence-electron chi connectivity index (χ4n) is 1.58. The Kier molecular flexibility index (Phi) is 4.05. The molecular formula is C14H13NO5. The van der Waals surface area contributed by atoms with Crippen LogP contribution in [0.2, 0.25) is 0 Å². The summed E-state index contributed by atoms with van der Waals surface area (Å²) < 4.78 is 14.9. The van der Waals surface area contributed by atoms with Crippen LogP contribution in [0, 0.1) is 0 Å². The number of nitrogens with one attached hydrogen (secondary N) is 1. The van der Waals surface area contributed by atoms with Gasteiger partial charge in [0, 0.05) is 12.1 Å². The molecule has 0 spiro atoms. The lowest BCUT2D eigenvalue weighted by Crippen LogP contribution is -2.13. The summed E-state index contributed by atoms with van der Waals surface area (Å²) >= 11 is 0. The van der Waals surface area contributed by atoms with E-state index in [0.717, 1.165) is 6.26 Å². The Morgan fingerprint density at radius 2 is 1.95 bits per heavy atom. The minimum atomic E-state index is -0.511. The maximum absolute atomic E-state index is 12.0. The van der Waals surface area contributed by atoms with Crippen molar-refractivity contribution in [2.24, 2.45) is 0 Å². The van der Waals surface area contributed by atoms with Gasteiger partial charge in [-0.05, 0) is 18.2 Å². The van der Waals surface area contributed by atoms with Gasteiger partial charge in [0.2, 0.25) is 0 Å². The number of rotatable bonds is 4. The van der Waals surface area contributed by atoms with Crippen molar-refractivity contribution < 1.29 is 18.7 Å². The van der Waals surface area contributed by atoms with Gasteiger partial charge < -0.3 is 19.2 Å². The molecule has 1 aromatic carbocycles. The molecule has 104 valence electrons. The first-order valence-electron chi connectivity index (χ1n) is 5.76. The van der Waals surface area contributed by atoms with Crippen LogP contribution >= 0.6 is 0 Å². The number of carbonyl (C=O) groups is 1. The van der Waals surface area contributed by atoms with Gasteiger partial charge in [0.1, 0.15) is 17.8 Å². The largest absolute Gasteiger partial charge is 0.497 e. The van der Waals surface area contributed by atoms with Gasteiger partial charge in [-0.3, -0.25) is 4.79 Å². The Balaban J connectivity index is 2.23. The first-order valence-corrected chi connectivity index (χ1v) is 5.76. The van der Waals surface area contributed by atoms with E-state index in [1.807, 2.05) is 0 Å². The maximum atomic E-state index is 12.0. The number of hydrogen-bond donors (Lipinski definition) is 1. The van der Waals surface area contributed by atoms with Crippen LogP contribution in [0.1, 0.15) is 10.4 Å². The Bertz CT molecular complexity index is 657. The topological polar surface area (TPSA) is 77.8 Å². The normalized spacial score (nSPS) is 9.90. The van der Waals surface area contributed by atoms with Gasteiger partial charge in [-0.15, -0.1) is 0 Å². The van der Waals surface area contributed by atoms with Crippen molar-refractivity contribution in [2.75, 3.05) is 19.5 Å². The van der Waals surface area contributed by atoms with E-state index in [1.54, 1.807) is 25.3 Å². The van der Waals surface area contributed by atoms with Crippen molar-refractivity contribution in [3.63, 3.8) is 0 Å². The fraction of sp³-hybridized carbons (Fsp3) is 0.143. The Labute approximate surface area is 114 Å². The number of anilines is 1. The summed E-state index contributed by atoms with van der Waals surface area (Å²) in [6.07, 6.45) is 1.10. The van der Waals surface area contributed by atoms with Gasteiger partial charge in [-0.25, -0.2) is 4.79 Å². The summed E-state index contributed by atoms with van der Waals surface area (Å²) in [5.41, 5.74) is 0.218. The zero-order chi connectivity index (χ0) is 14.5. The Morgan fingerprint density at radius 3 is 2.55 bits per heavy atom. The van der Waals surface area contributed by atoms with E-state index in [2.05, 4.69) is 9.73 Å². The van der Waals surface area contributed by atoms with Crippen LogP contribution in [0.4, 0.5) is 5.69 Å². The highest BCUT2D eigenvalue weighted by Gasteiger charge is 2.11. The summed E-state index contributed by atoms with van der Waals surface area (Å²) in [4.78, 5) is 22.8. The molecule has 0 aliphatic heterocycles. The molecule has 0 aliphatic rings. The molecule has 0 saturated heterocycles. The van der Waals surface area contributed by atoms with E-state index in [4.69, 9.17) is 9.47 Å². The molecule has 6 nitrogen and oxygen atoms in total. The molecule has 0 atom stereocenters. The number of carbonyl (C=O) groups excluding carboxylic acids is 1. The van der Waals surface area contributed by atoms with E-state index in [-0.39, 0.29) is 5.56 Å². The van der Waals surface area contributed by atoms with Crippen molar-refractivity contribution in [3.8, 4) is 11.5 Å².